The van der Waals surface area contributed by atoms with Gasteiger partial charge < -0.3 is 9.63 Å². The molecule has 0 bridgehead atoms. The Kier molecular flexibility index (Phi) is 4.33. The number of aliphatic hydroxyl groups is 1. The van der Waals surface area contributed by atoms with Crippen LogP contribution >= 0.6 is 22.6 Å². The van der Waals surface area contributed by atoms with Crippen molar-refractivity contribution in [1.29, 1.82) is 0 Å². The second-order valence-corrected chi connectivity index (χ2v) is 4.97. The molecule has 1 atom stereocenters. The molecule has 1 aromatic heterocycles. The Morgan fingerprint density at radius 1 is 1.41 bits per heavy atom. The molecule has 0 aliphatic carbocycles. The van der Waals surface area contributed by atoms with Crippen LogP contribution in [0.2, 0.25) is 0 Å². The van der Waals surface area contributed by atoms with Crippen LogP contribution in [-0.4, -0.2) is 21.3 Å². The highest BCUT2D eigenvalue weighted by Crippen LogP contribution is 2.30. The van der Waals surface area contributed by atoms with Gasteiger partial charge in [-0.05, 0) is 25.0 Å². The van der Waals surface area contributed by atoms with Gasteiger partial charge in [-0.1, -0.05) is 27.7 Å². The van der Waals surface area contributed by atoms with Crippen molar-refractivity contribution in [2.24, 2.45) is 0 Å². The van der Waals surface area contributed by atoms with E-state index in [0.717, 1.165) is 21.9 Å². The lowest BCUT2D eigenvalue weighted by atomic mass is 9.96. The summed E-state index contributed by atoms with van der Waals surface area (Å²) in [5.41, 5.74) is 1.29. The van der Waals surface area contributed by atoms with Crippen LogP contribution in [0.25, 0.3) is 11.0 Å². The van der Waals surface area contributed by atoms with Gasteiger partial charge >= 0.3 is 0 Å². The van der Waals surface area contributed by atoms with E-state index in [9.17, 15) is 4.39 Å². The fourth-order valence-electron chi connectivity index (χ4n) is 1.93. The first kappa shape index (κ1) is 12.8. The van der Waals surface area contributed by atoms with E-state index < -0.39 is 0 Å². The summed E-state index contributed by atoms with van der Waals surface area (Å²) in [4.78, 5) is 0. The third-order valence-corrected chi connectivity index (χ3v) is 3.41. The molecular weight excluding hydrogens is 336 g/mol. The van der Waals surface area contributed by atoms with E-state index in [1.165, 1.54) is 12.1 Å². The molecule has 0 saturated carbocycles. The van der Waals surface area contributed by atoms with Gasteiger partial charge in [0.25, 0.3) is 0 Å². The number of hydrogen-bond acceptors (Lipinski definition) is 3. The van der Waals surface area contributed by atoms with Crippen molar-refractivity contribution in [3.63, 3.8) is 0 Å². The van der Waals surface area contributed by atoms with Crippen LogP contribution in [0.1, 0.15) is 24.5 Å². The molecule has 2 rings (SSSR count). The Labute approximate surface area is 112 Å². The van der Waals surface area contributed by atoms with Gasteiger partial charge in [-0.15, -0.1) is 0 Å². The summed E-state index contributed by atoms with van der Waals surface area (Å²) in [6, 6.07) is 4.43. The summed E-state index contributed by atoms with van der Waals surface area (Å²) in [6.45, 7) is 0.122. The Morgan fingerprint density at radius 2 is 2.24 bits per heavy atom. The Morgan fingerprint density at radius 3 is 2.94 bits per heavy atom. The summed E-state index contributed by atoms with van der Waals surface area (Å²) in [5.74, 6) is -0.156. The number of nitrogens with zero attached hydrogens (tertiary/aromatic N) is 1. The van der Waals surface area contributed by atoms with E-state index in [4.69, 9.17) is 9.63 Å². The van der Waals surface area contributed by atoms with Crippen molar-refractivity contribution in [3.05, 3.63) is 29.7 Å². The zero-order chi connectivity index (χ0) is 12.3. The lowest BCUT2D eigenvalue weighted by Crippen LogP contribution is -2.03. The first-order valence-corrected chi connectivity index (χ1v) is 7.00. The smallest absolute Gasteiger partial charge is 0.170 e. The second-order valence-electron chi connectivity index (χ2n) is 3.90. The zero-order valence-corrected chi connectivity index (χ0v) is 11.4. The molecule has 0 aliphatic rings. The average molecular weight is 349 g/mol. The molecule has 0 radical (unpaired) electrons. The van der Waals surface area contributed by atoms with Crippen LogP contribution in [0.4, 0.5) is 4.39 Å². The highest BCUT2D eigenvalue weighted by atomic mass is 127. The number of benzene rings is 1. The molecule has 1 heterocycles. The summed E-state index contributed by atoms with van der Waals surface area (Å²) in [5, 5.41) is 13.9. The van der Waals surface area contributed by atoms with Crippen molar-refractivity contribution in [2.75, 3.05) is 11.0 Å². The maximum Gasteiger partial charge on any atom is 0.170 e. The normalized spacial score (nSPS) is 13.1. The number of halogens is 2. The van der Waals surface area contributed by atoms with Gasteiger partial charge in [-0.2, -0.15) is 0 Å². The van der Waals surface area contributed by atoms with Gasteiger partial charge in [0, 0.05) is 28.4 Å². The molecule has 92 valence electrons. The maximum absolute atomic E-state index is 13.0. The van der Waals surface area contributed by atoms with Gasteiger partial charge in [-0.25, -0.2) is 4.39 Å². The first-order valence-electron chi connectivity index (χ1n) is 5.48. The van der Waals surface area contributed by atoms with Crippen LogP contribution in [0.5, 0.6) is 0 Å². The van der Waals surface area contributed by atoms with Crippen molar-refractivity contribution in [1.82, 2.24) is 5.16 Å². The predicted octanol–water partition coefficient (Wildman–Crippen LogP) is 3.26. The average Bonchev–Trinajstić information content (AvgIpc) is 2.71. The third-order valence-electron chi connectivity index (χ3n) is 2.78. The molecule has 0 aliphatic heterocycles. The SMILES string of the molecule is OCCC(CCI)c1noc2cc(F)ccc12. The van der Waals surface area contributed by atoms with Crippen LogP contribution in [0, 0.1) is 5.82 Å². The molecule has 0 spiro atoms. The monoisotopic (exact) mass is 349 g/mol. The third kappa shape index (κ3) is 2.77. The molecular formula is C12H13FINO2. The van der Waals surface area contributed by atoms with Gasteiger partial charge in [0.15, 0.2) is 5.58 Å². The minimum atomic E-state index is -0.326. The van der Waals surface area contributed by atoms with Crippen molar-refractivity contribution in [3.8, 4) is 0 Å². The molecule has 0 saturated heterocycles. The van der Waals surface area contributed by atoms with Gasteiger partial charge in [0.05, 0.1) is 5.69 Å². The second kappa shape index (κ2) is 5.77. The van der Waals surface area contributed by atoms with E-state index in [1.54, 1.807) is 6.07 Å². The standard InChI is InChI=1S/C12H13FINO2/c13-9-1-2-10-11(7-9)17-15-12(10)8(3-5-14)4-6-16/h1-2,7-8,16H,3-6H2. The van der Waals surface area contributed by atoms with Crippen LogP contribution in [0.15, 0.2) is 22.7 Å². The topological polar surface area (TPSA) is 46.3 Å². The summed E-state index contributed by atoms with van der Waals surface area (Å²) in [6.07, 6.45) is 1.59. The molecule has 0 fully saturated rings. The number of fused-ring (bicyclic) bond motifs is 1. The summed E-state index contributed by atoms with van der Waals surface area (Å²) in [7, 11) is 0. The van der Waals surface area contributed by atoms with Gasteiger partial charge in [0.1, 0.15) is 5.82 Å². The summed E-state index contributed by atoms with van der Waals surface area (Å²) < 4.78 is 19.1. The van der Waals surface area contributed by atoms with Crippen molar-refractivity contribution >= 4 is 33.6 Å². The zero-order valence-electron chi connectivity index (χ0n) is 9.20. The van der Waals surface area contributed by atoms with E-state index in [2.05, 4.69) is 27.7 Å². The summed E-state index contributed by atoms with van der Waals surface area (Å²) >= 11 is 2.30. The van der Waals surface area contributed by atoms with E-state index in [-0.39, 0.29) is 18.3 Å². The van der Waals surface area contributed by atoms with Crippen LogP contribution in [0.3, 0.4) is 0 Å². The van der Waals surface area contributed by atoms with E-state index in [0.29, 0.717) is 12.0 Å². The molecule has 1 N–H and O–H groups in total. The number of alkyl halides is 1. The van der Waals surface area contributed by atoms with Crippen molar-refractivity contribution in [2.45, 2.75) is 18.8 Å². The molecule has 2 aromatic rings. The largest absolute Gasteiger partial charge is 0.396 e. The number of aromatic nitrogens is 1. The highest BCUT2D eigenvalue weighted by Gasteiger charge is 2.18. The Hall–Kier alpha value is -0.690. The fraction of sp³-hybridized carbons (Fsp3) is 0.417. The molecule has 0 amide bonds. The first-order chi connectivity index (χ1) is 8.26. The fourth-order valence-corrected chi connectivity index (χ4v) is 2.68. The number of rotatable bonds is 5. The number of aliphatic hydroxyl groups excluding tert-OH is 1. The quantitative estimate of drug-likeness (QED) is 0.666. The molecule has 17 heavy (non-hydrogen) atoms. The maximum atomic E-state index is 13.0. The minimum Gasteiger partial charge on any atom is -0.396 e. The minimum absolute atomic E-state index is 0.122. The predicted molar refractivity (Wildman–Crippen MR) is 71.9 cm³/mol. The highest BCUT2D eigenvalue weighted by molar-refractivity contribution is 14.1. The molecule has 1 aromatic carbocycles. The van der Waals surface area contributed by atoms with Crippen LogP contribution in [-0.2, 0) is 0 Å². The molecule has 5 heteroatoms. The Balaban J connectivity index is 2.39. The van der Waals surface area contributed by atoms with E-state index in [1.807, 2.05) is 0 Å². The lowest BCUT2D eigenvalue weighted by Gasteiger charge is -2.10. The van der Waals surface area contributed by atoms with Gasteiger partial charge in [-0.3, -0.25) is 0 Å². The molecule has 3 nitrogen and oxygen atoms in total. The van der Waals surface area contributed by atoms with Crippen molar-refractivity contribution < 1.29 is 14.0 Å². The molecule has 1 unspecified atom stereocenters. The number of hydrogen-bond donors (Lipinski definition) is 1. The van der Waals surface area contributed by atoms with Gasteiger partial charge in [0.2, 0.25) is 0 Å². The lowest BCUT2D eigenvalue weighted by molar-refractivity contribution is 0.272. The van der Waals surface area contributed by atoms with E-state index >= 15 is 0 Å². The van der Waals surface area contributed by atoms with Crippen LogP contribution < -0.4 is 0 Å². The Bertz CT molecular complexity index is 494.